The van der Waals surface area contributed by atoms with Gasteiger partial charge in [-0.15, -0.1) is 0 Å². The highest BCUT2D eigenvalue weighted by molar-refractivity contribution is 5.46. The molecule has 0 radical (unpaired) electrons. The molecule has 0 unspecified atom stereocenters. The summed E-state index contributed by atoms with van der Waals surface area (Å²) in [5.41, 5.74) is 5.71. The van der Waals surface area contributed by atoms with Crippen molar-refractivity contribution in [3.05, 3.63) is 29.8 Å². The number of hydrogen-bond donors (Lipinski definition) is 1. The predicted octanol–water partition coefficient (Wildman–Crippen LogP) is 1.57. The molecule has 0 aliphatic carbocycles. The maximum Gasteiger partial charge on any atom is 0.165 e. The van der Waals surface area contributed by atoms with Crippen LogP contribution in [0.1, 0.15) is 12.5 Å². The normalized spacial score (nSPS) is 10.1. The zero-order chi connectivity index (χ0) is 9.90. The minimum atomic E-state index is -1.08. The fourth-order valence-corrected chi connectivity index (χ4v) is 0.971. The Labute approximate surface area is 77.0 Å². The third-order valence-corrected chi connectivity index (χ3v) is 1.94. The number of hydrogen-bond acceptors (Lipinski definition) is 3. The summed E-state index contributed by atoms with van der Waals surface area (Å²) in [5.74, 6) is 0. The van der Waals surface area contributed by atoms with Crippen molar-refractivity contribution in [2.75, 3.05) is 5.73 Å². The van der Waals surface area contributed by atoms with Gasteiger partial charge in [0.2, 0.25) is 0 Å². The molecular weight excluding hydrogens is 162 g/mol. The first kappa shape index (κ1) is 9.09. The second-order valence-electron chi connectivity index (χ2n) is 2.97. The molecule has 0 heterocycles. The molecule has 2 N–H and O–H groups in total. The van der Waals surface area contributed by atoms with Crippen molar-refractivity contribution >= 4 is 5.69 Å². The monoisotopic (exact) mass is 171 g/mol. The van der Waals surface area contributed by atoms with E-state index in [-0.39, 0.29) is 0 Å². The number of rotatable bonds is 1. The molecular formula is C10H9N3. The summed E-state index contributed by atoms with van der Waals surface area (Å²) in [6.07, 6.45) is 0. The van der Waals surface area contributed by atoms with Gasteiger partial charge in [-0.05, 0) is 24.6 Å². The van der Waals surface area contributed by atoms with Gasteiger partial charge in [0.05, 0.1) is 12.1 Å². The molecule has 13 heavy (non-hydrogen) atoms. The molecule has 1 aromatic carbocycles. The van der Waals surface area contributed by atoms with E-state index in [2.05, 4.69) is 0 Å². The summed E-state index contributed by atoms with van der Waals surface area (Å²) in [7, 11) is 0. The van der Waals surface area contributed by atoms with Gasteiger partial charge in [-0.1, -0.05) is 12.1 Å². The van der Waals surface area contributed by atoms with Crippen LogP contribution in [0.4, 0.5) is 5.69 Å². The summed E-state index contributed by atoms with van der Waals surface area (Å²) in [6, 6.07) is 10.7. The number of nitrogens with two attached hydrogens (primary N) is 1. The van der Waals surface area contributed by atoms with Gasteiger partial charge in [0.1, 0.15) is 0 Å². The Bertz CT molecular complexity index is 364. The molecule has 3 nitrogen and oxygen atoms in total. The lowest BCUT2D eigenvalue weighted by atomic mass is 9.86. The minimum Gasteiger partial charge on any atom is -0.399 e. The molecule has 0 aliphatic rings. The maximum atomic E-state index is 8.80. The third-order valence-electron chi connectivity index (χ3n) is 1.94. The van der Waals surface area contributed by atoms with E-state index in [1.54, 1.807) is 31.2 Å². The van der Waals surface area contributed by atoms with Crippen molar-refractivity contribution < 1.29 is 0 Å². The highest BCUT2D eigenvalue weighted by atomic mass is 14.5. The standard InChI is InChI=1S/C10H9N3/c1-10(6-11,7-12)8-2-4-9(13)5-3-8/h2-5H,13H2,1H3. The van der Waals surface area contributed by atoms with Crippen molar-refractivity contribution in [1.29, 1.82) is 10.5 Å². The third kappa shape index (κ3) is 1.60. The van der Waals surface area contributed by atoms with Gasteiger partial charge >= 0.3 is 0 Å². The van der Waals surface area contributed by atoms with Crippen molar-refractivity contribution in [3.8, 4) is 12.1 Å². The first-order valence-electron chi connectivity index (χ1n) is 3.81. The van der Waals surface area contributed by atoms with Gasteiger partial charge in [0, 0.05) is 5.69 Å². The largest absolute Gasteiger partial charge is 0.399 e. The second kappa shape index (κ2) is 3.16. The number of nitrogen functional groups attached to an aromatic ring is 1. The molecule has 1 aromatic rings. The highest BCUT2D eigenvalue weighted by Crippen LogP contribution is 2.22. The van der Waals surface area contributed by atoms with Crippen LogP contribution in [0.25, 0.3) is 0 Å². The van der Waals surface area contributed by atoms with Crippen molar-refractivity contribution in [1.82, 2.24) is 0 Å². The van der Waals surface area contributed by atoms with Crippen LogP contribution < -0.4 is 5.73 Å². The van der Waals surface area contributed by atoms with E-state index in [4.69, 9.17) is 16.3 Å². The summed E-state index contributed by atoms with van der Waals surface area (Å²) in [4.78, 5) is 0. The van der Waals surface area contributed by atoms with Crippen LogP contribution >= 0.6 is 0 Å². The van der Waals surface area contributed by atoms with Crippen LogP contribution in [0.5, 0.6) is 0 Å². The lowest BCUT2D eigenvalue weighted by Gasteiger charge is -2.11. The van der Waals surface area contributed by atoms with Crippen molar-refractivity contribution in [2.45, 2.75) is 12.3 Å². The zero-order valence-electron chi connectivity index (χ0n) is 7.28. The van der Waals surface area contributed by atoms with Crippen LogP contribution in [0, 0.1) is 22.7 Å². The summed E-state index contributed by atoms with van der Waals surface area (Å²) in [6.45, 7) is 1.58. The topological polar surface area (TPSA) is 73.6 Å². The fourth-order valence-electron chi connectivity index (χ4n) is 0.971. The van der Waals surface area contributed by atoms with Crippen LogP contribution in [0.15, 0.2) is 24.3 Å². The van der Waals surface area contributed by atoms with Crippen LogP contribution in [0.3, 0.4) is 0 Å². The Morgan fingerprint density at radius 2 is 1.62 bits per heavy atom. The predicted molar refractivity (Wildman–Crippen MR) is 49.4 cm³/mol. The summed E-state index contributed by atoms with van der Waals surface area (Å²) < 4.78 is 0. The van der Waals surface area contributed by atoms with Gasteiger partial charge in [0.15, 0.2) is 5.41 Å². The smallest absolute Gasteiger partial charge is 0.165 e. The Balaban J connectivity index is 3.18. The molecule has 0 aromatic heterocycles. The Morgan fingerprint density at radius 1 is 1.15 bits per heavy atom. The first-order valence-corrected chi connectivity index (χ1v) is 3.81. The molecule has 0 spiro atoms. The number of anilines is 1. The van der Waals surface area contributed by atoms with Gasteiger partial charge in [-0.2, -0.15) is 10.5 Å². The second-order valence-corrected chi connectivity index (χ2v) is 2.97. The number of nitrogens with zero attached hydrogens (tertiary/aromatic N) is 2. The molecule has 3 heteroatoms. The zero-order valence-corrected chi connectivity index (χ0v) is 7.28. The molecule has 0 bridgehead atoms. The summed E-state index contributed by atoms with van der Waals surface area (Å²) in [5, 5.41) is 17.6. The van der Waals surface area contributed by atoms with E-state index >= 15 is 0 Å². The first-order chi connectivity index (χ1) is 6.12. The van der Waals surface area contributed by atoms with E-state index in [1.165, 1.54) is 0 Å². The van der Waals surface area contributed by atoms with E-state index in [9.17, 15) is 0 Å². The maximum absolute atomic E-state index is 8.80. The lowest BCUT2D eigenvalue weighted by molar-refractivity contribution is 0.792. The van der Waals surface area contributed by atoms with Crippen LogP contribution in [-0.2, 0) is 5.41 Å². The Kier molecular flexibility index (Phi) is 2.21. The van der Waals surface area contributed by atoms with Crippen molar-refractivity contribution in [2.24, 2.45) is 0 Å². The van der Waals surface area contributed by atoms with Gasteiger partial charge in [-0.3, -0.25) is 0 Å². The van der Waals surface area contributed by atoms with Crippen LogP contribution in [-0.4, -0.2) is 0 Å². The Hall–Kier alpha value is -2.00. The van der Waals surface area contributed by atoms with Gasteiger partial charge < -0.3 is 5.73 Å². The quantitative estimate of drug-likeness (QED) is 0.652. The van der Waals surface area contributed by atoms with E-state index in [0.717, 1.165) is 0 Å². The minimum absolute atomic E-state index is 0.627. The number of nitriles is 2. The van der Waals surface area contributed by atoms with Gasteiger partial charge in [0.25, 0.3) is 0 Å². The van der Waals surface area contributed by atoms with E-state index in [0.29, 0.717) is 11.3 Å². The van der Waals surface area contributed by atoms with E-state index < -0.39 is 5.41 Å². The van der Waals surface area contributed by atoms with Crippen molar-refractivity contribution in [3.63, 3.8) is 0 Å². The summed E-state index contributed by atoms with van der Waals surface area (Å²) >= 11 is 0. The molecule has 64 valence electrons. The van der Waals surface area contributed by atoms with Gasteiger partial charge in [-0.25, -0.2) is 0 Å². The average molecular weight is 171 g/mol. The highest BCUT2D eigenvalue weighted by Gasteiger charge is 2.25. The lowest BCUT2D eigenvalue weighted by Crippen LogP contribution is -2.16. The van der Waals surface area contributed by atoms with E-state index in [1.807, 2.05) is 12.1 Å². The molecule has 0 saturated heterocycles. The molecule has 0 fully saturated rings. The molecule has 0 atom stereocenters. The molecule has 0 amide bonds. The molecule has 0 saturated carbocycles. The molecule has 0 aliphatic heterocycles. The van der Waals surface area contributed by atoms with Crippen LogP contribution in [0.2, 0.25) is 0 Å². The fraction of sp³-hybridized carbons (Fsp3) is 0.200. The molecule has 1 rings (SSSR count). The SMILES string of the molecule is CC(C#N)(C#N)c1ccc(N)cc1. The average Bonchev–Trinajstić information content (AvgIpc) is 2.18. The number of benzene rings is 1. The Morgan fingerprint density at radius 3 is 2.00 bits per heavy atom.